The van der Waals surface area contributed by atoms with Crippen molar-refractivity contribution < 1.29 is 14.3 Å². The first-order valence-electron chi connectivity index (χ1n) is 4.92. The molecule has 0 amide bonds. The van der Waals surface area contributed by atoms with Crippen LogP contribution < -0.4 is 0 Å². The maximum atomic E-state index is 11.3. The third-order valence-corrected chi connectivity index (χ3v) is 2.40. The molecule has 1 rings (SSSR count). The summed E-state index contributed by atoms with van der Waals surface area (Å²) < 4.78 is 4.92. The summed E-state index contributed by atoms with van der Waals surface area (Å²) in [5, 5.41) is 0. The van der Waals surface area contributed by atoms with Crippen LogP contribution in [0.15, 0.2) is 0 Å². The molecule has 1 saturated carbocycles. The molecule has 3 heteroatoms. The van der Waals surface area contributed by atoms with Crippen LogP contribution in [0.3, 0.4) is 0 Å². The fourth-order valence-corrected chi connectivity index (χ4v) is 1.65. The van der Waals surface area contributed by atoms with Crippen molar-refractivity contribution >= 4 is 11.8 Å². The maximum Gasteiger partial charge on any atom is 0.308 e. The SMILES string of the molecule is CCOC(=O)C1CCCC(=O)CC1. The van der Waals surface area contributed by atoms with Crippen LogP contribution in [0.2, 0.25) is 0 Å². The van der Waals surface area contributed by atoms with Gasteiger partial charge in [-0.25, -0.2) is 0 Å². The Morgan fingerprint density at radius 3 is 2.92 bits per heavy atom. The van der Waals surface area contributed by atoms with Gasteiger partial charge in [-0.3, -0.25) is 9.59 Å². The third kappa shape index (κ3) is 3.17. The number of hydrogen-bond donors (Lipinski definition) is 0. The molecular formula is C10H16O3. The van der Waals surface area contributed by atoms with E-state index in [1.807, 2.05) is 0 Å². The van der Waals surface area contributed by atoms with Gasteiger partial charge in [-0.05, 0) is 26.2 Å². The van der Waals surface area contributed by atoms with Crippen LogP contribution in [-0.4, -0.2) is 18.4 Å². The molecule has 1 atom stereocenters. The van der Waals surface area contributed by atoms with Gasteiger partial charge in [0.25, 0.3) is 0 Å². The summed E-state index contributed by atoms with van der Waals surface area (Å²) in [7, 11) is 0. The molecule has 0 bridgehead atoms. The molecule has 0 aromatic carbocycles. The predicted molar refractivity (Wildman–Crippen MR) is 48.2 cm³/mol. The molecule has 0 radical (unpaired) electrons. The van der Waals surface area contributed by atoms with Crippen molar-refractivity contribution in [3.63, 3.8) is 0 Å². The summed E-state index contributed by atoms with van der Waals surface area (Å²) in [6.07, 6.45) is 3.50. The van der Waals surface area contributed by atoms with Crippen LogP contribution in [0.4, 0.5) is 0 Å². The Kier molecular flexibility index (Phi) is 3.93. The quantitative estimate of drug-likeness (QED) is 0.484. The Balaban J connectivity index is 2.41. The van der Waals surface area contributed by atoms with Gasteiger partial charge in [-0.1, -0.05) is 0 Å². The summed E-state index contributed by atoms with van der Waals surface area (Å²) in [4.78, 5) is 22.4. The highest BCUT2D eigenvalue weighted by Gasteiger charge is 2.23. The van der Waals surface area contributed by atoms with Crippen molar-refractivity contribution in [1.29, 1.82) is 0 Å². The minimum atomic E-state index is -0.128. The number of esters is 1. The molecule has 0 N–H and O–H groups in total. The topological polar surface area (TPSA) is 43.4 Å². The zero-order chi connectivity index (χ0) is 9.68. The highest BCUT2D eigenvalue weighted by Crippen LogP contribution is 2.21. The van der Waals surface area contributed by atoms with Crippen molar-refractivity contribution in [3.05, 3.63) is 0 Å². The lowest BCUT2D eigenvalue weighted by atomic mass is 10.0. The van der Waals surface area contributed by atoms with Gasteiger partial charge in [0.2, 0.25) is 0 Å². The number of carbonyl (C=O) groups excluding carboxylic acids is 2. The van der Waals surface area contributed by atoms with Crippen molar-refractivity contribution in [1.82, 2.24) is 0 Å². The monoisotopic (exact) mass is 184 g/mol. The van der Waals surface area contributed by atoms with Crippen molar-refractivity contribution in [3.8, 4) is 0 Å². The van der Waals surface area contributed by atoms with Gasteiger partial charge in [0.05, 0.1) is 12.5 Å². The molecule has 0 aliphatic heterocycles. The molecule has 0 heterocycles. The Hall–Kier alpha value is -0.860. The molecule has 1 aliphatic rings. The first kappa shape index (κ1) is 10.2. The number of carbonyl (C=O) groups is 2. The average molecular weight is 184 g/mol. The summed E-state index contributed by atoms with van der Waals surface area (Å²) >= 11 is 0. The average Bonchev–Trinajstić information content (AvgIpc) is 2.30. The lowest BCUT2D eigenvalue weighted by Crippen LogP contribution is -2.17. The van der Waals surface area contributed by atoms with E-state index in [4.69, 9.17) is 4.74 Å². The molecule has 3 nitrogen and oxygen atoms in total. The minimum Gasteiger partial charge on any atom is -0.466 e. The van der Waals surface area contributed by atoms with Crippen LogP contribution in [0.25, 0.3) is 0 Å². The standard InChI is InChI=1S/C10H16O3/c1-2-13-10(12)8-4-3-5-9(11)7-6-8/h8H,2-7H2,1H3. The van der Waals surface area contributed by atoms with E-state index in [0.29, 0.717) is 25.9 Å². The predicted octanol–water partition coefficient (Wildman–Crippen LogP) is 1.70. The first-order chi connectivity index (χ1) is 6.24. The van der Waals surface area contributed by atoms with E-state index in [1.165, 1.54) is 0 Å². The van der Waals surface area contributed by atoms with Gasteiger partial charge in [-0.15, -0.1) is 0 Å². The first-order valence-corrected chi connectivity index (χ1v) is 4.92. The molecule has 0 aromatic rings. The largest absolute Gasteiger partial charge is 0.466 e. The highest BCUT2D eigenvalue weighted by molar-refractivity contribution is 5.80. The lowest BCUT2D eigenvalue weighted by Gasteiger charge is -2.11. The number of ether oxygens (including phenoxy) is 1. The third-order valence-electron chi connectivity index (χ3n) is 2.40. The smallest absolute Gasteiger partial charge is 0.308 e. The van der Waals surface area contributed by atoms with Gasteiger partial charge in [0.1, 0.15) is 5.78 Å². The summed E-state index contributed by atoms with van der Waals surface area (Å²) in [5.41, 5.74) is 0. The summed E-state index contributed by atoms with van der Waals surface area (Å²) in [5.74, 6) is 0.121. The van der Waals surface area contributed by atoms with E-state index >= 15 is 0 Å². The summed E-state index contributed by atoms with van der Waals surface area (Å²) in [6.45, 7) is 2.24. The lowest BCUT2D eigenvalue weighted by molar-refractivity contribution is -0.148. The van der Waals surface area contributed by atoms with E-state index in [9.17, 15) is 9.59 Å². The molecule has 0 aromatic heterocycles. The van der Waals surface area contributed by atoms with Crippen molar-refractivity contribution in [2.75, 3.05) is 6.61 Å². The van der Waals surface area contributed by atoms with Crippen molar-refractivity contribution in [2.24, 2.45) is 5.92 Å². The van der Waals surface area contributed by atoms with Crippen LogP contribution in [0, 0.1) is 5.92 Å². The van der Waals surface area contributed by atoms with Crippen LogP contribution in [0.5, 0.6) is 0 Å². The molecule has 1 unspecified atom stereocenters. The molecule has 1 aliphatic carbocycles. The molecule has 1 fully saturated rings. The Labute approximate surface area is 78.5 Å². The maximum absolute atomic E-state index is 11.3. The van der Waals surface area contributed by atoms with Gasteiger partial charge in [0, 0.05) is 12.8 Å². The second kappa shape index (κ2) is 5.00. The molecule has 0 saturated heterocycles. The number of rotatable bonds is 2. The second-order valence-electron chi connectivity index (χ2n) is 3.42. The van der Waals surface area contributed by atoms with E-state index < -0.39 is 0 Å². The van der Waals surface area contributed by atoms with Gasteiger partial charge in [0.15, 0.2) is 0 Å². The zero-order valence-corrected chi connectivity index (χ0v) is 8.04. The number of Topliss-reactive ketones (excluding diaryl/α,β-unsaturated/α-hetero) is 1. The molecule has 0 spiro atoms. The highest BCUT2D eigenvalue weighted by atomic mass is 16.5. The zero-order valence-electron chi connectivity index (χ0n) is 8.04. The van der Waals surface area contributed by atoms with Crippen LogP contribution >= 0.6 is 0 Å². The molecule has 74 valence electrons. The molecular weight excluding hydrogens is 168 g/mol. The second-order valence-corrected chi connectivity index (χ2v) is 3.42. The fourth-order valence-electron chi connectivity index (χ4n) is 1.65. The Morgan fingerprint density at radius 1 is 1.46 bits per heavy atom. The number of hydrogen-bond acceptors (Lipinski definition) is 3. The van der Waals surface area contributed by atoms with E-state index in [1.54, 1.807) is 6.92 Å². The minimum absolute atomic E-state index is 0.0357. The molecule has 13 heavy (non-hydrogen) atoms. The Bertz CT molecular complexity index is 198. The number of ketones is 1. The van der Waals surface area contributed by atoms with Crippen LogP contribution in [0.1, 0.15) is 39.0 Å². The van der Waals surface area contributed by atoms with Gasteiger partial charge in [-0.2, -0.15) is 0 Å². The fraction of sp³-hybridized carbons (Fsp3) is 0.800. The van der Waals surface area contributed by atoms with Gasteiger partial charge < -0.3 is 4.74 Å². The summed E-state index contributed by atoms with van der Waals surface area (Å²) in [6, 6.07) is 0. The van der Waals surface area contributed by atoms with Gasteiger partial charge >= 0.3 is 5.97 Å². The van der Waals surface area contributed by atoms with E-state index in [2.05, 4.69) is 0 Å². The van der Waals surface area contributed by atoms with E-state index in [-0.39, 0.29) is 17.7 Å². The van der Waals surface area contributed by atoms with Crippen LogP contribution in [-0.2, 0) is 14.3 Å². The van der Waals surface area contributed by atoms with Crippen molar-refractivity contribution in [2.45, 2.75) is 39.0 Å². The normalized spacial score (nSPS) is 23.8. The van der Waals surface area contributed by atoms with E-state index in [0.717, 1.165) is 12.8 Å². The Morgan fingerprint density at radius 2 is 2.23 bits per heavy atom.